The molecule has 0 spiro atoms. The van der Waals surface area contributed by atoms with Crippen LogP contribution in [0.2, 0.25) is 0 Å². The van der Waals surface area contributed by atoms with E-state index in [0.29, 0.717) is 34.6 Å². The van der Waals surface area contributed by atoms with Gasteiger partial charge in [-0.2, -0.15) is 5.10 Å². The Labute approximate surface area is 432 Å². The van der Waals surface area contributed by atoms with Crippen LogP contribution < -0.4 is 30.5 Å². The van der Waals surface area contributed by atoms with E-state index >= 15 is 0 Å². The number of hydrogen-bond acceptors (Lipinski definition) is 16. The van der Waals surface area contributed by atoms with Gasteiger partial charge in [0.1, 0.15) is 23.8 Å². The van der Waals surface area contributed by atoms with Crippen molar-refractivity contribution in [2.45, 2.75) is 83.1 Å². The summed E-state index contributed by atoms with van der Waals surface area (Å²) in [6, 6.07) is 23.8. The van der Waals surface area contributed by atoms with Crippen molar-refractivity contribution in [3.63, 3.8) is 0 Å². The summed E-state index contributed by atoms with van der Waals surface area (Å²) in [7, 11) is 1.90. The van der Waals surface area contributed by atoms with Gasteiger partial charge in [-0.1, -0.05) is 55.4 Å². The van der Waals surface area contributed by atoms with Crippen molar-refractivity contribution in [2.75, 3.05) is 85.9 Å². The molecular weight excluding hydrogens is 939 g/mol. The first-order valence-electron chi connectivity index (χ1n) is 26.2. The van der Waals surface area contributed by atoms with Crippen molar-refractivity contribution in [2.24, 2.45) is 18.9 Å². The normalized spacial score (nSPS) is 20.0. The number of benzene rings is 2. The van der Waals surface area contributed by atoms with E-state index in [0.717, 1.165) is 119 Å². The molecule has 4 aliphatic rings. The van der Waals surface area contributed by atoms with Crippen LogP contribution in [-0.2, 0) is 16.6 Å². The molecule has 0 unspecified atom stereocenters. The van der Waals surface area contributed by atoms with Gasteiger partial charge in [-0.15, -0.1) is 10.2 Å². The lowest BCUT2D eigenvalue weighted by Gasteiger charge is -2.38. The molecule has 19 heteroatoms. The number of likely N-dealkylation sites (tertiary alicyclic amines) is 2. The van der Waals surface area contributed by atoms with Crippen LogP contribution in [0.15, 0.2) is 95.8 Å². The molecule has 4 saturated heterocycles. The van der Waals surface area contributed by atoms with Crippen LogP contribution in [-0.4, -0.2) is 146 Å². The molecule has 4 aromatic heterocycles. The number of nitrogens with zero attached hydrogens (tertiary/aromatic N) is 11. The minimum absolute atomic E-state index is 0.0769. The van der Waals surface area contributed by atoms with Crippen LogP contribution in [0.4, 0.5) is 23.0 Å². The van der Waals surface area contributed by atoms with Gasteiger partial charge in [-0.3, -0.25) is 14.3 Å². The molecule has 10 rings (SSSR count). The summed E-state index contributed by atoms with van der Waals surface area (Å²) < 4.78 is 14.3. The second-order valence-corrected chi connectivity index (χ2v) is 20.8. The molecule has 4 fully saturated rings. The number of piperazine rings is 1. The Bertz CT molecular complexity index is 2870. The first-order valence-corrected chi connectivity index (χ1v) is 26.2. The molecule has 4 aliphatic heterocycles. The van der Waals surface area contributed by atoms with Gasteiger partial charge >= 0.3 is 0 Å². The van der Waals surface area contributed by atoms with Gasteiger partial charge in [-0.25, -0.2) is 4.98 Å². The first-order chi connectivity index (χ1) is 35.8. The molecule has 0 radical (unpaired) electrons. The third-order valence-electron chi connectivity index (χ3n) is 15.5. The number of aliphatic hydroxyl groups is 1. The summed E-state index contributed by atoms with van der Waals surface area (Å²) >= 11 is 0. The SMILES string of the molecule is CC(C)[C@@H](C(=O)N1C[C@H](O)C[C@H]1C(=O)N[C@@H](C)c1ccc(-c2ccnn2C)cc1)c1cc(N2CCC(CN3CCC(Oc4cc(N5CCN(c6cc(-c7ccccc7O)nnc6N)CC5)ccn4)CC3)CC2)no1. The zero-order valence-electron chi connectivity index (χ0n) is 42.8. The van der Waals surface area contributed by atoms with Gasteiger partial charge in [0, 0.05) is 115 Å². The van der Waals surface area contributed by atoms with E-state index < -0.39 is 18.1 Å². The number of phenols is 1. The summed E-state index contributed by atoms with van der Waals surface area (Å²) in [4.78, 5) is 43.7. The van der Waals surface area contributed by atoms with Gasteiger partial charge in [0.05, 0.1) is 29.2 Å². The molecule has 4 atom stereocenters. The van der Waals surface area contributed by atoms with E-state index in [1.807, 2.05) is 99.4 Å². The minimum atomic E-state index is -0.809. The number of para-hydroxylation sites is 1. The van der Waals surface area contributed by atoms with E-state index in [1.165, 1.54) is 4.90 Å². The minimum Gasteiger partial charge on any atom is -0.507 e. The summed E-state index contributed by atoms with van der Waals surface area (Å²) in [5.74, 6) is 1.59. The number of rotatable bonds is 15. The maximum Gasteiger partial charge on any atom is 0.243 e. The molecule has 0 bridgehead atoms. The highest BCUT2D eigenvalue weighted by Crippen LogP contribution is 2.36. The lowest BCUT2D eigenvalue weighted by atomic mass is 9.91. The number of aryl methyl sites for hydroxylation is 1. The Kier molecular flexibility index (Phi) is 15.0. The third kappa shape index (κ3) is 11.1. The molecule has 8 heterocycles. The maximum absolute atomic E-state index is 14.4. The number of aromatic hydroxyl groups is 1. The Hall–Kier alpha value is -7.25. The van der Waals surface area contributed by atoms with E-state index in [4.69, 9.17) is 15.0 Å². The first kappa shape index (κ1) is 50.3. The number of nitrogen functional groups attached to an aromatic ring is 1. The predicted octanol–water partition coefficient (Wildman–Crippen LogP) is 5.88. The molecule has 6 aromatic rings. The van der Waals surface area contributed by atoms with E-state index in [-0.39, 0.29) is 48.6 Å². The number of aliphatic hydroxyl groups excluding tert-OH is 1. The van der Waals surface area contributed by atoms with Crippen molar-refractivity contribution in [3.8, 4) is 34.1 Å². The van der Waals surface area contributed by atoms with Crippen LogP contribution >= 0.6 is 0 Å². The van der Waals surface area contributed by atoms with Gasteiger partial charge in [0.25, 0.3) is 0 Å². The molecule has 19 nitrogen and oxygen atoms in total. The van der Waals surface area contributed by atoms with Crippen LogP contribution in [0.1, 0.15) is 76.2 Å². The van der Waals surface area contributed by atoms with E-state index in [1.54, 1.807) is 18.3 Å². The fourth-order valence-electron chi connectivity index (χ4n) is 11.2. The predicted molar refractivity (Wildman–Crippen MR) is 283 cm³/mol. The molecule has 2 aromatic carbocycles. The number of hydrogen-bond donors (Lipinski definition) is 4. The van der Waals surface area contributed by atoms with Crippen molar-refractivity contribution >= 4 is 34.8 Å². The number of carbonyl (C=O) groups excluding carboxylic acids is 2. The molecule has 390 valence electrons. The topological polar surface area (TPSA) is 221 Å². The van der Waals surface area contributed by atoms with Crippen LogP contribution in [0.5, 0.6) is 11.6 Å². The van der Waals surface area contributed by atoms with Crippen molar-refractivity contribution in [1.82, 2.24) is 45.2 Å². The number of β-amino-alcohol motifs (C(OH)–C–C–N with tert-alkyl or cyclic N) is 1. The average Bonchev–Trinajstić information content (AvgIpc) is 4.18. The number of pyridine rings is 1. The van der Waals surface area contributed by atoms with Gasteiger partial charge in [-0.05, 0) is 85.9 Å². The highest BCUT2D eigenvalue weighted by atomic mass is 16.5. The lowest BCUT2D eigenvalue weighted by molar-refractivity contribution is -0.141. The quantitative estimate of drug-likeness (QED) is 0.0944. The molecule has 0 saturated carbocycles. The fraction of sp³-hybridized carbons (Fsp3) is 0.473. The Balaban J connectivity index is 0.668. The maximum atomic E-state index is 14.4. The Morgan fingerprint density at radius 1 is 0.851 bits per heavy atom. The fourth-order valence-corrected chi connectivity index (χ4v) is 11.2. The average molecular weight is 1010 g/mol. The van der Waals surface area contributed by atoms with E-state index in [9.17, 15) is 19.8 Å². The van der Waals surface area contributed by atoms with Gasteiger partial charge in [0.2, 0.25) is 17.7 Å². The van der Waals surface area contributed by atoms with Crippen LogP contribution in [0.25, 0.3) is 22.5 Å². The number of piperidine rings is 2. The van der Waals surface area contributed by atoms with Crippen LogP contribution in [0.3, 0.4) is 0 Å². The third-order valence-corrected chi connectivity index (χ3v) is 15.5. The number of carbonyl (C=O) groups is 2. The monoisotopic (exact) mass is 1010 g/mol. The molecule has 0 aliphatic carbocycles. The number of aromatic nitrogens is 6. The number of amides is 2. The highest BCUT2D eigenvalue weighted by molar-refractivity contribution is 5.91. The summed E-state index contributed by atoms with van der Waals surface area (Å²) in [6.45, 7) is 13.7. The van der Waals surface area contributed by atoms with Crippen molar-refractivity contribution in [3.05, 3.63) is 103 Å². The number of anilines is 4. The van der Waals surface area contributed by atoms with Gasteiger partial charge < -0.3 is 55.0 Å². The number of nitrogens with one attached hydrogen (secondary N) is 1. The standard InChI is InChI=1S/C55H69N13O6/c1-35(2)52(55(72)68-34-41(69)30-47(68)54(71)59-36(3)38-9-11-39(12-10-38)45-14-20-58-63(45)4)49-32-50(62-74-49)67-23-15-37(16-24-67)33-64-21-17-42(18-22-64)73-51-29-40(13-19-57-51)65-25-27-66(28-26-65)46-31-44(60-61-53(46)56)43-7-5-6-8-48(43)70/h5-14,19-20,29,31-32,35-37,41-42,47,52,69-70H,15-18,21-28,30,33-34H2,1-4H3,(H2,56,61)(H,59,71)/t36-,41+,47-,52+/m0/s1. The smallest absolute Gasteiger partial charge is 0.243 e. The summed E-state index contributed by atoms with van der Waals surface area (Å²) in [5, 5.41) is 41.4. The number of ether oxygens (including phenoxy) is 1. The van der Waals surface area contributed by atoms with Gasteiger partial charge in [0.15, 0.2) is 17.4 Å². The molecule has 2 amide bonds. The van der Waals surface area contributed by atoms with Crippen LogP contribution in [0, 0.1) is 11.8 Å². The largest absolute Gasteiger partial charge is 0.507 e. The summed E-state index contributed by atoms with van der Waals surface area (Å²) in [5.41, 5.74) is 12.3. The van der Waals surface area contributed by atoms with Crippen molar-refractivity contribution in [1.29, 1.82) is 0 Å². The molecule has 5 N–H and O–H groups in total. The second kappa shape index (κ2) is 22.1. The molecular formula is C55H69N13O6. The van der Waals surface area contributed by atoms with E-state index in [2.05, 4.69) is 56.4 Å². The zero-order chi connectivity index (χ0) is 51.5. The number of phenolic OH excluding ortho intramolecular Hbond substituents is 1. The molecule has 74 heavy (non-hydrogen) atoms. The Morgan fingerprint density at radius 2 is 1.59 bits per heavy atom. The second-order valence-electron chi connectivity index (χ2n) is 20.8. The Morgan fingerprint density at radius 3 is 2.31 bits per heavy atom. The number of nitrogens with two attached hydrogens (primary N) is 1. The highest BCUT2D eigenvalue weighted by Gasteiger charge is 2.44. The lowest BCUT2D eigenvalue weighted by Crippen LogP contribution is -2.48. The summed E-state index contributed by atoms with van der Waals surface area (Å²) in [6.07, 6.45) is 6.98. The van der Waals surface area contributed by atoms with Crippen molar-refractivity contribution < 1.29 is 29.1 Å². The zero-order valence-corrected chi connectivity index (χ0v) is 42.8.